The van der Waals surface area contributed by atoms with Crippen LogP contribution >= 0.6 is 34.8 Å². The van der Waals surface area contributed by atoms with E-state index >= 15 is 0 Å². The highest BCUT2D eigenvalue weighted by Crippen LogP contribution is 2.47. The van der Waals surface area contributed by atoms with Crippen molar-refractivity contribution in [2.45, 2.75) is 11.8 Å². The normalized spacial score (nSPS) is 20.2. The first kappa shape index (κ1) is 22.4. The number of amides is 1. The maximum absolute atomic E-state index is 13.4. The number of fused-ring (bicyclic) bond motifs is 2. The van der Waals surface area contributed by atoms with Gasteiger partial charge in [-0.05, 0) is 66.6 Å². The number of likely N-dealkylation sites (tertiary alicyclic amines) is 1. The summed E-state index contributed by atoms with van der Waals surface area (Å²) < 4.78 is 0. The van der Waals surface area contributed by atoms with Gasteiger partial charge in [0.1, 0.15) is 5.15 Å². The molecule has 1 atom stereocenters. The molecule has 33 heavy (non-hydrogen) atoms. The summed E-state index contributed by atoms with van der Waals surface area (Å²) in [6.07, 6.45) is 6.83. The van der Waals surface area contributed by atoms with Crippen LogP contribution in [0.15, 0.2) is 66.9 Å². The second-order valence-electron chi connectivity index (χ2n) is 8.64. The molecular formula is C26H22Cl3N3O. The van der Waals surface area contributed by atoms with Crippen LogP contribution in [0.1, 0.15) is 27.9 Å². The highest BCUT2D eigenvalue weighted by molar-refractivity contribution is 6.31. The van der Waals surface area contributed by atoms with Gasteiger partial charge in [-0.2, -0.15) is 0 Å². The first-order valence-corrected chi connectivity index (χ1v) is 11.9. The number of hydrogen-bond acceptors (Lipinski definition) is 3. The zero-order valence-electron chi connectivity index (χ0n) is 17.8. The molecule has 1 unspecified atom stereocenters. The van der Waals surface area contributed by atoms with Crippen molar-refractivity contribution in [1.82, 2.24) is 9.88 Å². The lowest BCUT2D eigenvalue weighted by molar-refractivity contribution is 0.0985. The fourth-order valence-electron chi connectivity index (χ4n) is 4.89. The van der Waals surface area contributed by atoms with Crippen molar-refractivity contribution in [1.29, 1.82) is 0 Å². The smallest absolute Gasteiger partial charge is 0.258 e. The molecule has 2 aliphatic rings. The Hall–Kier alpha value is -2.37. The van der Waals surface area contributed by atoms with E-state index < -0.39 is 0 Å². The first-order chi connectivity index (χ1) is 15.9. The van der Waals surface area contributed by atoms with Crippen LogP contribution in [0.5, 0.6) is 0 Å². The Morgan fingerprint density at radius 3 is 2.58 bits per heavy atom. The highest BCUT2D eigenvalue weighted by Gasteiger charge is 2.48. The number of anilines is 1. The van der Waals surface area contributed by atoms with Crippen LogP contribution in [-0.2, 0) is 5.41 Å². The molecular weight excluding hydrogens is 477 g/mol. The molecule has 1 aromatic heterocycles. The van der Waals surface area contributed by atoms with Crippen LogP contribution in [0.4, 0.5) is 5.69 Å². The van der Waals surface area contributed by atoms with Crippen molar-refractivity contribution in [2.24, 2.45) is 0 Å². The lowest BCUT2D eigenvalue weighted by atomic mass is 9.81. The van der Waals surface area contributed by atoms with Crippen LogP contribution in [0.3, 0.4) is 0 Å². The number of hydrogen-bond donors (Lipinski definition) is 0. The van der Waals surface area contributed by atoms with Gasteiger partial charge in [0, 0.05) is 52.5 Å². The van der Waals surface area contributed by atoms with Crippen molar-refractivity contribution < 1.29 is 4.79 Å². The monoisotopic (exact) mass is 497 g/mol. The largest absolute Gasteiger partial charge is 0.307 e. The van der Waals surface area contributed by atoms with Gasteiger partial charge in [-0.25, -0.2) is 4.98 Å². The lowest BCUT2D eigenvalue weighted by Crippen LogP contribution is -2.39. The minimum atomic E-state index is -0.138. The third-order valence-corrected chi connectivity index (χ3v) is 7.17. The molecule has 0 saturated carbocycles. The maximum atomic E-state index is 13.4. The van der Waals surface area contributed by atoms with Gasteiger partial charge in [-0.1, -0.05) is 59.1 Å². The fraction of sp³-hybridized carbons (Fsp3) is 0.231. The van der Waals surface area contributed by atoms with Crippen LogP contribution in [0, 0.1) is 0 Å². The third-order valence-electron chi connectivity index (χ3n) is 6.48. The Morgan fingerprint density at radius 2 is 1.79 bits per heavy atom. The van der Waals surface area contributed by atoms with Crippen molar-refractivity contribution in [3.05, 3.63) is 98.8 Å². The Labute approximate surface area is 208 Å². The average molecular weight is 499 g/mol. The minimum absolute atomic E-state index is 0.0687. The lowest BCUT2D eigenvalue weighted by Gasteiger charge is -2.25. The number of pyridine rings is 1. The number of halogens is 3. The zero-order valence-corrected chi connectivity index (χ0v) is 20.1. The van der Waals surface area contributed by atoms with Gasteiger partial charge in [-0.15, -0.1) is 0 Å². The molecule has 3 heterocycles. The summed E-state index contributed by atoms with van der Waals surface area (Å²) in [5, 5.41) is 1.74. The summed E-state index contributed by atoms with van der Waals surface area (Å²) in [5.41, 5.74) is 3.59. The zero-order chi connectivity index (χ0) is 23.0. The summed E-state index contributed by atoms with van der Waals surface area (Å²) in [5.74, 6) is -0.0687. The molecule has 0 radical (unpaired) electrons. The molecule has 1 amide bonds. The maximum Gasteiger partial charge on any atom is 0.258 e. The minimum Gasteiger partial charge on any atom is -0.307 e. The van der Waals surface area contributed by atoms with Crippen LogP contribution in [0.2, 0.25) is 15.2 Å². The third kappa shape index (κ3) is 4.53. The number of carbonyl (C=O) groups is 1. The predicted octanol–water partition coefficient (Wildman–Crippen LogP) is 6.36. The SMILES string of the molecule is O=C(c1ccnc(Cl)c1)N1CC2(CCN(C/C=C/c3ccc(Cl)cc3)C2)c2cc(Cl)ccc21. The molecule has 2 aromatic carbocycles. The standard InChI is InChI=1S/C26H22Cl3N3O/c27-20-5-3-18(4-6-20)2-1-12-31-13-10-26(16-31)17-32(23-8-7-21(28)15-22(23)26)25(33)19-9-11-30-24(29)14-19/h1-9,11,14-15H,10,12-13,16-17H2/b2-1+. The number of carbonyl (C=O) groups excluding carboxylic acids is 1. The Balaban J connectivity index is 1.36. The summed E-state index contributed by atoms with van der Waals surface area (Å²) in [6, 6.07) is 17.0. The van der Waals surface area contributed by atoms with Gasteiger partial charge in [0.2, 0.25) is 0 Å². The van der Waals surface area contributed by atoms with Gasteiger partial charge in [0.25, 0.3) is 5.91 Å². The second-order valence-corrected chi connectivity index (χ2v) is 9.90. The molecule has 168 valence electrons. The van der Waals surface area contributed by atoms with Gasteiger partial charge < -0.3 is 4.90 Å². The second kappa shape index (κ2) is 9.11. The van der Waals surface area contributed by atoms with Crippen molar-refractivity contribution >= 4 is 52.5 Å². The van der Waals surface area contributed by atoms with Gasteiger partial charge in [0.15, 0.2) is 0 Å². The van der Waals surface area contributed by atoms with E-state index in [0.29, 0.717) is 22.3 Å². The van der Waals surface area contributed by atoms with Crippen LogP contribution < -0.4 is 4.90 Å². The highest BCUT2D eigenvalue weighted by atomic mass is 35.5. The molecule has 2 aliphatic heterocycles. The Bertz CT molecular complexity index is 1230. The molecule has 4 nitrogen and oxygen atoms in total. The fourth-order valence-corrected chi connectivity index (χ4v) is 5.36. The summed E-state index contributed by atoms with van der Waals surface area (Å²) >= 11 is 18.4. The summed E-state index contributed by atoms with van der Waals surface area (Å²) in [6.45, 7) is 3.29. The quantitative estimate of drug-likeness (QED) is 0.393. The topological polar surface area (TPSA) is 36.4 Å². The van der Waals surface area contributed by atoms with E-state index in [4.69, 9.17) is 34.8 Å². The molecule has 0 aliphatic carbocycles. The number of aromatic nitrogens is 1. The Morgan fingerprint density at radius 1 is 1.00 bits per heavy atom. The van der Waals surface area contributed by atoms with Crippen molar-refractivity contribution in [3.63, 3.8) is 0 Å². The molecule has 1 saturated heterocycles. The molecule has 1 fully saturated rings. The Kier molecular flexibility index (Phi) is 6.19. The van der Waals surface area contributed by atoms with E-state index in [2.05, 4.69) is 22.0 Å². The first-order valence-electron chi connectivity index (χ1n) is 10.8. The van der Waals surface area contributed by atoms with E-state index in [1.807, 2.05) is 47.4 Å². The number of rotatable bonds is 4. The van der Waals surface area contributed by atoms with Gasteiger partial charge in [0.05, 0.1) is 0 Å². The van der Waals surface area contributed by atoms with E-state index in [1.165, 1.54) is 0 Å². The molecule has 5 rings (SSSR count). The van der Waals surface area contributed by atoms with E-state index in [0.717, 1.165) is 47.9 Å². The van der Waals surface area contributed by atoms with E-state index in [1.54, 1.807) is 18.3 Å². The summed E-state index contributed by atoms with van der Waals surface area (Å²) in [4.78, 5) is 21.7. The molecule has 7 heteroatoms. The number of nitrogens with zero attached hydrogens (tertiary/aromatic N) is 3. The average Bonchev–Trinajstić information content (AvgIpc) is 3.36. The predicted molar refractivity (Wildman–Crippen MR) is 136 cm³/mol. The van der Waals surface area contributed by atoms with E-state index in [-0.39, 0.29) is 11.3 Å². The van der Waals surface area contributed by atoms with Crippen molar-refractivity contribution in [3.8, 4) is 0 Å². The molecule has 1 spiro atoms. The van der Waals surface area contributed by atoms with Gasteiger partial charge >= 0.3 is 0 Å². The van der Waals surface area contributed by atoms with Crippen LogP contribution in [-0.4, -0.2) is 42.0 Å². The van der Waals surface area contributed by atoms with Crippen LogP contribution in [0.25, 0.3) is 6.08 Å². The molecule has 0 N–H and O–H groups in total. The number of benzene rings is 2. The van der Waals surface area contributed by atoms with E-state index in [9.17, 15) is 4.79 Å². The molecule has 3 aromatic rings. The van der Waals surface area contributed by atoms with Gasteiger partial charge in [-0.3, -0.25) is 9.69 Å². The summed E-state index contributed by atoms with van der Waals surface area (Å²) in [7, 11) is 0. The van der Waals surface area contributed by atoms with Crippen molar-refractivity contribution in [2.75, 3.05) is 31.1 Å². The molecule has 0 bridgehead atoms.